The summed E-state index contributed by atoms with van der Waals surface area (Å²) in [6.45, 7) is 22.0. The highest BCUT2D eigenvalue weighted by molar-refractivity contribution is 7.99. The molecule has 9 heteroatoms. The van der Waals surface area contributed by atoms with Crippen LogP contribution in [0.1, 0.15) is 105 Å². The lowest BCUT2D eigenvalue weighted by Gasteiger charge is -2.29. The van der Waals surface area contributed by atoms with E-state index in [0.29, 0.717) is 32.0 Å². The molecule has 0 aliphatic rings. The summed E-state index contributed by atoms with van der Waals surface area (Å²) in [5.41, 5.74) is -1.17. The van der Waals surface area contributed by atoms with E-state index in [4.69, 9.17) is 0 Å². The van der Waals surface area contributed by atoms with Gasteiger partial charge >= 0.3 is 16.2 Å². The maximum Gasteiger partial charge on any atom is 0.552 e. The van der Waals surface area contributed by atoms with Gasteiger partial charge in [-0.15, -0.1) is 0 Å². The van der Waals surface area contributed by atoms with Crippen LogP contribution < -0.4 is 10.6 Å². The fourth-order valence-electron chi connectivity index (χ4n) is 4.34. The average molecular weight is 581 g/mol. The number of benzene rings is 2. The highest BCUT2D eigenvalue weighted by Gasteiger charge is 2.52. The molecule has 0 unspecified atom stereocenters. The Balaban J connectivity index is 2.94. The fourth-order valence-corrected chi connectivity index (χ4v) is 8.07. The van der Waals surface area contributed by atoms with Crippen molar-refractivity contribution in [3.8, 4) is 0 Å². The average Bonchev–Trinajstić information content (AvgIpc) is 2.62. The Morgan fingerprint density at radius 1 is 0.486 bits per heavy atom. The van der Waals surface area contributed by atoms with Gasteiger partial charge in [-0.05, 0) is 45.9 Å². The molecule has 0 heterocycles. The number of rotatable bonds is 4. The van der Waals surface area contributed by atoms with Crippen molar-refractivity contribution in [2.24, 2.45) is 0 Å². The second-order valence-electron chi connectivity index (χ2n) is 13.8. The summed E-state index contributed by atoms with van der Waals surface area (Å²) < 4.78 is 58.7. The summed E-state index contributed by atoms with van der Waals surface area (Å²) in [6.07, 6.45) is 0. The van der Waals surface area contributed by atoms with E-state index in [9.17, 15) is 26.6 Å². The molecule has 0 bridgehead atoms. The SMILES string of the molecule is CC(C)(C)c1cc(Sc2cc(C(C)(C)C)c([P+](O)(F)F)c(C(C)(C)C)c2)cc(C(C)(C)C)c1[P+](O)(F)F. The lowest BCUT2D eigenvalue weighted by Crippen LogP contribution is -2.31. The first kappa shape index (κ1) is 32.5. The molecular weight excluding hydrogens is 538 g/mol. The van der Waals surface area contributed by atoms with Crippen LogP contribution in [0.25, 0.3) is 0 Å². The van der Waals surface area contributed by atoms with Crippen molar-refractivity contribution in [3.05, 3.63) is 46.5 Å². The standard InChI is InChI=1S/C28H42F4O2P2S/c1-25(2,3)19-13-17(14-20(26(4,5)6)23(19)35(29,30)33)37-18-15-21(27(7,8)9)24(36(31,32)34)22(16-18)28(10,11)12/h13-16,33-34H,1-12H3/q+2. The van der Waals surface area contributed by atoms with Gasteiger partial charge in [-0.2, -0.15) is 9.79 Å². The first-order chi connectivity index (χ1) is 16.1. The van der Waals surface area contributed by atoms with E-state index in [0.717, 1.165) is 0 Å². The van der Waals surface area contributed by atoms with Crippen LogP contribution in [0.4, 0.5) is 16.8 Å². The van der Waals surface area contributed by atoms with Crippen molar-refractivity contribution in [1.82, 2.24) is 0 Å². The summed E-state index contributed by atoms with van der Waals surface area (Å²) in [5, 5.41) is -0.551. The van der Waals surface area contributed by atoms with E-state index < -0.39 is 37.9 Å². The summed E-state index contributed by atoms with van der Waals surface area (Å²) in [6, 6.07) is 6.76. The van der Waals surface area contributed by atoms with E-state index in [1.165, 1.54) is 11.8 Å². The molecule has 2 nitrogen and oxygen atoms in total. The highest BCUT2D eigenvalue weighted by atomic mass is 32.2. The minimum Gasteiger partial charge on any atom is -0.180 e. The highest BCUT2D eigenvalue weighted by Crippen LogP contribution is 2.61. The predicted octanol–water partition coefficient (Wildman–Crippen LogP) is 9.67. The van der Waals surface area contributed by atoms with E-state index in [1.807, 2.05) is 83.1 Å². The van der Waals surface area contributed by atoms with Crippen LogP contribution in [0.15, 0.2) is 34.1 Å². The van der Waals surface area contributed by atoms with Gasteiger partial charge in [-0.3, -0.25) is 0 Å². The van der Waals surface area contributed by atoms with Gasteiger partial charge < -0.3 is 0 Å². The third-order valence-electron chi connectivity index (χ3n) is 6.17. The minimum absolute atomic E-state index is 0.275. The molecule has 0 saturated carbocycles. The van der Waals surface area contributed by atoms with Gasteiger partial charge in [0.15, 0.2) is 0 Å². The van der Waals surface area contributed by atoms with Gasteiger partial charge in [0.1, 0.15) is 0 Å². The molecule has 2 rings (SSSR count). The second kappa shape index (κ2) is 10.0. The molecule has 0 aliphatic carbocycles. The largest absolute Gasteiger partial charge is 0.552 e. The predicted molar refractivity (Wildman–Crippen MR) is 154 cm³/mol. The Bertz CT molecular complexity index is 996. The zero-order chi connectivity index (χ0) is 29.2. The van der Waals surface area contributed by atoms with Crippen molar-refractivity contribution < 1.29 is 26.6 Å². The number of halogens is 4. The van der Waals surface area contributed by atoms with Gasteiger partial charge in [0.25, 0.3) is 0 Å². The topological polar surface area (TPSA) is 40.5 Å². The van der Waals surface area contributed by atoms with Gasteiger partial charge in [-0.25, -0.2) is 0 Å². The molecule has 2 aromatic carbocycles. The smallest absolute Gasteiger partial charge is 0.180 e. The van der Waals surface area contributed by atoms with Crippen LogP contribution in [0.5, 0.6) is 0 Å². The lowest BCUT2D eigenvalue weighted by molar-refractivity contribution is 0.475. The van der Waals surface area contributed by atoms with Crippen LogP contribution in [0.3, 0.4) is 0 Å². The maximum atomic E-state index is 14.7. The van der Waals surface area contributed by atoms with Crippen LogP contribution in [-0.4, -0.2) is 9.79 Å². The minimum atomic E-state index is -5.34. The van der Waals surface area contributed by atoms with Crippen molar-refractivity contribution in [3.63, 3.8) is 0 Å². The summed E-state index contributed by atoms with van der Waals surface area (Å²) >= 11 is 1.32. The van der Waals surface area contributed by atoms with Gasteiger partial charge in [-0.1, -0.05) is 94.8 Å². The Hall–Kier alpha value is -0.710. The quantitative estimate of drug-likeness (QED) is 0.279. The normalized spacial score (nSPS) is 14.3. The van der Waals surface area contributed by atoms with Crippen LogP contribution >= 0.6 is 28.0 Å². The first-order valence-electron chi connectivity index (χ1n) is 12.2. The molecule has 2 aromatic rings. The van der Waals surface area contributed by atoms with Crippen molar-refractivity contribution in [2.45, 2.75) is 115 Å². The molecule has 0 spiro atoms. The summed E-state index contributed by atoms with van der Waals surface area (Å²) in [4.78, 5) is 21.4. The molecule has 0 atom stereocenters. The fraction of sp³-hybridized carbons (Fsp3) is 0.571. The molecule has 0 fully saturated rings. The first-order valence-corrected chi connectivity index (χ1v) is 16.1. The van der Waals surface area contributed by atoms with E-state index >= 15 is 0 Å². The molecule has 2 N–H and O–H groups in total. The Morgan fingerprint density at radius 2 is 0.676 bits per heavy atom. The summed E-state index contributed by atoms with van der Waals surface area (Å²) in [7, 11) is -10.7. The zero-order valence-corrected chi connectivity index (χ0v) is 26.6. The van der Waals surface area contributed by atoms with Gasteiger partial charge in [0.2, 0.25) is 10.6 Å². The number of hydrogen-bond acceptors (Lipinski definition) is 3. The van der Waals surface area contributed by atoms with E-state index in [2.05, 4.69) is 0 Å². The summed E-state index contributed by atoms with van der Waals surface area (Å²) in [5.74, 6) is 0. The van der Waals surface area contributed by atoms with Crippen LogP contribution in [0, 0.1) is 0 Å². The van der Waals surface area contributed by atoms with Crippen LogP contribution in [-0.2, 0) is 21.7 Å². The zero-order valence-electron chi connectivity index (χ0n) is 24.0. The van der Waals surface area contributed by atoms with Gasteiger partial charge in [0.05, 0.1) is 0 Å². The monoisotopic (exact) mass is 580 g/mol. The molecule has 0 aromatic heterocycles. The molecule has 37 heavy (non-hydrogen) atoms. The third-order valence-corrected chi connectivity index (χ3v) is 9.16. The van der Waals surface area contributed by atoms with Crippen molar-refractivity contribution >= 4 is 38.6 Å². The Labute approximate surface area is 226 Å². The third kappa shape index (κ3) is 7.70. The number of hydrogen-bond donors (Lipinski definition) is 2. The van der Waals surface area contributed by atoms with Gasteiger partial charge in [0, 0.05) is 48.8 Å². The Kier molecular flexibility index (Phi) is 8.82. The van der Waals surface area contributed by atoms with Crippen molar-refractivity contribution in [1.29, 1.82) is 0 Å². The van der Waals surface area contributed by atoms with Crippen LogP contribution in [0.2, 0.25) is 0 Å². The molecule has 208 valence electrons. The van der Waals surface area contributed by atoms with E-state index in [-0.39, 0.29) is 10.6 Å². The second-order valence-corrected chi connectivity index (χ2v) is 17.8. The van der Waals surface area contributed by atoms with E-state index in [1.54, 1.807) is 24.3 Å². The van der Waals surface area contributed by atoms with Crippen molar-refractivity contribution in [2.75, 3.05) is 0 Å². The lowest BCUT2D eigenvalue weighted by atomic mass is 9.80. The molecule has 0 radical (unpaired) electrons. The molecular formula is C28H42F4O2P2S+2. The Morgan fingerprint density at radius 3 is 0.811 bits per heavy atom. The maximum absolute atomic E-state index is 14.7. The molecule has 0 amide bonds. The molecule has 0 aliphatic heterocycles. The molecule has 0 saturated heterocycles.